The summed E-state index contributed by atoms with van der Waals surface area (Å²) in [6.45, 7) is 3.80. The van der Waals surface area contributed by atoms with Gasteiger partial charge in [-0.2, -0.15) is 0 Å². The smallest absolute Gasteiger partial charge is 0.338 e. The second-order valence-corrected chi connectivity index (χ2v) is 4.64. The molecular weight excluding hydrogens is 258 g/mol. The van der Waals surface area contributed by atoms with E-state index >= 15 is 0 Å². The number of hydrogen-bond donors (Lipinski definition) is 1. The van der Waals surface area contributed by atoms with Crippen molar-refractivity contribution in [2.24, 2.45) is 0 Å². The Hall–Kier alpha value is -2.63. The van der Waals surface area contributed by atoms with E-state index in [1.165, 1.54) is 6.07 Å². The quantitative estimate of drug-likeness (QED) is 0.792. The minimum absolute atomic E-state index is 0.150. The normalized spacial score (nSPS) is 12.7. The molecule has 0 aliphatic carbocycles. The molecule has 0 radical (unpaired) electrons. The molecule has 20 heavy (non-hydrogen) atoms. The predicted molar refractivity (Wildman–Crippen MR) is 71.7 cm³/mol. The third-order valence-electron chi connectivity index (χ3n) is 3.27. The van der Waals surface area contributed by atoms with E-state index in [2.05, 4.69) is 10.3 Å². The molecule has 3 rings (SSSR count). The predicted octanol–water partition coefficient (Wildman–Crippen LogP) is 2.64. The third kappa shape index (κ3) is 1.85. The molecule has 0 aliphatic rings. The summed E-state index contributed by atoms with van der Waals surface area (Å²) >= 11 is 0. The molecule has 2 aromatic heterocycles. The van der Waals surface area contributed by atoms with E-state index in [1.54, 1.807) is 16.8 Å². The number of fused-ring (bicyclic) bond motifs is 1. The van der Waals surface area contributed by atoms with Gasteiger partial charge in [0.1, 0.15) is 23.1 Å². The molecule has 0 bridgehead atoms. The van der Waals surface area contributed by atoms with Crippen molar-refractivity contribution in [1.82, 2.24) is 15.0 Å². The summed E-state index contributed by atoms with van der Waals surface area (Å²) < 4.78 is 7.26. The summed E-state index contributed by atoms with van der Waals surface area (Å²) in [6, 6.07) is 8.62. The van der Waals surface area contributed by atoms with E-state index in [1.807, 2.05) is 26.0 Å². The van der Waals surface area contributed by atoms with E-state index in [9.17, 15) is 4.79 Å². The minimum atomic E-state index is -1.01. The van der Waals surface area contributed by atoms with E-state index in [-0.39, 0.29) is 11.6 Å². The second kappa shape index (κ2) is 4.48. The van der Waals surface area contributed by atoms with Crippen LogP contribution in [0.15, 0.2) is 34.7 Å². The monoisotopic (exact) mass is 271 g/mol. The second-order valence-electron chi connectivity index (χ2n) is 4.64. The Balaban J connectivity index is 2.13. The number of hydrogen-bond acceptors (Lipinski definition) is 4. The average molecular weight is 271 g/mol. The number of aromatic carboxylic acids is 1. The van der Waals surface area contributed by atoms with Crippen molar-refractivity contribution in [3.8, 4) is 0 Å². The van der Waals surface area contributed by atoms with Crippen molar-refractivity contribution in [3.63, 3.8) is 0 Å². The van der Waals surface area contributed by atoms with Gasteiger partial charge in [-0.25, -0.2) is 9.48 Å². The first kappa shape index (κ1) is 12.4. The van der Waals surface area contributed by atoms with Crippen molar-refractivity contribution in [2.75, 3.05) is 0 Å². The molecular formula is C14H13N3O3. The van der Waals surface area contributed by atoms with Crippen LogP contribution in [0.1, 0.15) is 34.8 Å². The molecule has 102 valence electrons. The summed E-state index contributed by atoms with van der Waals surface area (Å²) in [5.41, 5.74) is 1.21. The van der Waals surface area contributed by atoms with Crippen LogP contribution >= 0.6 is 0 Å². The van der Waals surface area contributed by atoms with Crippen LogP contribution in [0.4, 0.5) is 0 Å². The molecule has 0 aliphatic heterocycles. The van der Waals surface area contributed by atoms with Crippen molar-refractivity contribution in [1.29, 1.82) is 0 Å². The molecule has 1 N–H and O–H groups in total. The Morgan fingerprint density at radius 1 is 1.35 bits per heavy atom. The standard InChI is InChI=1S/C14H13N3O3/c1-8-6-7-12(20-8)9(2)17-11-5-3-4-10(14(18)19)13(11)15-16-17/h3-7,9H,1-2H3,(H,18,19). The minimum Gasteiger partial charge on any atom is -0.478 e. The number of nitrogens with zero attached hydrogens (tertiary/aromatic N) is 3. The van der Waals surface area contributed by atoms with Gasteiger partial charge in [0.05, 0.1) is 11.1 Å². The number of benzene rings is 1. The number of carboxylic acids is 1. The van der Waals surface area contributed by atoms with Crippen molar-refractivity contribution >= 4 is 17.0 Å². The third-order valence-corrected chi connectivity index (χ3v) is 3.27. The summed E-state index contributed by atoms with van der Waals surface area (Å²) in [5, 5.41) is 17.2. The first-order valence-corrected chi connectivity index (χ1v) is 6.21. The van der Waals surface area contributed by atoms with E-state index in [0.717, 1.165) is 11.5 Å². The van der Waals surface area contributed by atoms with E-state index < -0.39 is 5.97 Å². The number of carbonyl (C=O) groups is 1. The lowest BCUT2D eigenvalue weighted by Crippen LogP contribution is -2.07. The molecule has 1 atom stereocenters. The highest BCUT2D eigenvalue weighted by atomic mass is 16.4. The fourth-order valence-electron chi connectivity index (χ4n) is 2.22. The van der Waals surface area contributed by atoms with E-state index in [0.29, 0.717) is 11.0 Å². The van der Waals surface area contributed by atoms with Gasteiger partial charge in [0.15, 0.2) is 0 Å². The van der Waals surface area contributed by atoms with Crippen LogP contribution in [-0.4, -0.2) is 26.1 Å². The molecule has 6 nitrogen and oxygen atoms in total. The SMILES string of the molecule is Cc1ccc(C(C)n2nnc3c(C(=O)O)cccc32)o1. The molecule has 6 heteroatoms. The maximum Gasteiger partial charge on any atom is 0.338 e. The number of furan rings is 1. The van der Waals surface area contributed by atoms with Gasteiger partial charge >= 0.3 is 5.97 Å². The van der Waals surface area contributed by atoms with Crippen LogP contribution in [0.25, 0.3) is 11.0 Å². The Labute approximate surface area is 114 Å². The lowest BCUT2D eigenvalue weighted by molar-refractivity contribution is 0.0699. The summed E-state index contributed by atoms with van der Waals surface area (Å²) in [5.74, 6) is 0.571. The largest absolute Gasteiger partial charge is 0.478 e. The molecule has 0 saturated heterocycles. The van der Waals surface area contributed by atoms with Crippen LogP contribution in [0.3, 0.4) is 0 Å². The zero-order valence-corrected chi connectivity index (χ0v) is 11.1. The van der Waals surface area contributed by atoms with Crippen molar-refractivity contribution < 1.29 is 14.3 Å². The van der Waals surface area contributed by atoms with Gasteiger partial charge in [-0.1, -0.05) is 11.3 Å². The van der Waals surface area contributed by atoms with E-state index in [4.69, 9.17) is 9.52 Å². The lowest BCUT2D eigenvalue weighted by Gasteiger charge is -2.09. The molecule has 1 aromatic carbocycles. The van der Waals surface area contributed by atoms with Crippen molar-refractivity contribution in [2.45, 2.75) is 19.9 Å². The number of carboxylic acid groups (broad SMARTS) is 1. The van der Waals surface area contributed by atoms with Crippen LogP contribution < -0.4 is 0 Å². The maximum absolute atomic E-state index is 11.2. The van der Waals surface area contributed by atoms with Crippen LogP contribution in [0.2, 0.25) is 0 Å². The molecule has 3 aromatic rings. The maximum atomic E-state index is 11.2. The van der Waals surface area contributed by atoms with Gasteiger partial charge < -0.3 is 9.52 Å². The molecule has 0 fully saturated rings. The Morgan fingerprint density at radius 2 is 2.15 bits per heavy atom. The number of aromatic nitrogens is 3. The highest BCUT2D eigenvalue weighted by Gasteiger charge is 2.19. The average Bonchev–Trinajstić information content (AvgIpc) is 3.03. The van der Waals surface area contributed by atoms with Gasteiger partial charge in [-0.05, 0) is 38.1 Å². The summed E-state index contributed by atoms with van der Waals surface area (Å²) in [7, 11) is 0. The fourth-order valence-corrected chi connectivity index (χ4v) is 2.22. The van der Waals surface area contributed by atoms with Gasteiger partial charge in [0.2, 0.25) is 0 Å². The van der Waals surface area contributed by atoms with Crippen LogP contribution in [0, 0.1) is 6.92 Å². The van der Waals surface area contributed by atoms with Crippen LogP contribution in [0.5, 0.6) is 0 Å². The van der Waals surface area contributed by atoms with Gasteiger partial charge in [0.25, 0.3) is 0 Å². The highest BCUT2D eigenvalue weighted by Crippen LogP contribution is 2.24. The number of rotatable bonds is 3. The Kier molecular flexibility index (Phi) is 2.78. The lowest BCUT2D eigenvalue weighted by atomic mass is 10.1. The molecule has 0 amide bonds. The first-order valence-electron chi connectivity index (χ1n) is 6.21. The van der Waals surface area contributed by atoms with Gasteiger partial charge in [0, 0.05) is 0 Å². The van der Waals surface area contributed by atoms with Crippen LogP contribution in [-0.2, 0) is 0 Å². The highest BCUT2D eigenvalue weighted by molar-refractivity contribution is 6.00. The zero-order valence-electron chi connectivity index (χ0n) is 11.1. The van der Waals surface area contributed by atoms with Gasteiger partial charge in [-0.3, -0.25) is 0 Å². The molecule has 0 saturated carbocycles. The topological polar surface area (TPSA) is 81.2 Å². The van der Waals surface area contributed by atoms with Gasteiger partial charge in [-0.15, -0.1) is 5.10 Å². The molecule has 2 heterocycles. The Bertz CT molecular complexity index is 788. The zero-order chi connectivity index (χ0) is 14.3. The number of aryl methyl sites for hydroxylation is 1. The first-order chi connectivity index (χ1) is 9.58. The summed E-state index contributed by atoms with van der Waals surface area (Å²) in [6.07, 6.45) is 0. The Morgan fingerprint density at radius 3 is 2.80 bits per heavy atom. The molecule has 0 spiro atoms. The van der Waals surface area contributed by atoms with Crippen molar-refractivity contribution in [3.05, 3.63) is 47.4 Å². The summed E-state index contributed by atoms with van der Waals surface area (Å²) in [4.78, 5) is 11.2. The molecule has 1 unspecified atom stereocenters. The fraction of sp³-hybridized carbons (Fsp3) is 0.214.